The summed E-state index contributed by atoms with van der Waals surface area (Å²) in [5, 5.41) is 11.4. The van der Waals surface area contributed by atoms with Crippen LogP contribution in [0.2, 0.25) is 0 Å². The number of thiophene rings is 1. The van der Waals surface area contributed by atoms with Crippen molar-refractivity contribution >= 4 is 22.9 Å². The van der Waals surface area contributed by atoms with Gasteiger partial charge in [-0.3, -0.25) is 9.69 Å². The molecule has 0 saturated carbocycles. The van der Waals surface area contributed by atoms with Gasteiger partial charge in [0.25, 0.3) is 0 Å². The third kappa shape index (κ3) is 4.27. The van der Waals surface area contributed by atoms with Crippen molar-refractivity contribution in [3.05, 3.63) is 46.7 Å². The second-order valence-electron chi connectivity index (χ2n) is 6.11. The van der Waals surface area contributed by atoms with Gasteiger partial charge in [-0.25, -0.2) is 0 Å². The highest BCUT2D eigenvalue weighted by atomic mass is 32.1. The lowest BCUT2D eigenvalue weighted by atomic mass is 10.2. The molecular formula is C18H23N3O2S. The highest BCUT2D eigenvalue weighted by Gasteiger charge is 2.20. The van der Waals surface area contributed by atoms with E-state index in [9.17, 15) is 9.90 Å². The molecule has 1 aliphatic heterocycles. The molecule has 0 spiro atoms. The molecule has 1 amide bonds. The van der Waals surface area contributed by atoms with Gasteiger partial charge in [0, 0.05) is 43.8 Å². The van der Waals surface area contributed by atoms with Gasteiger partial charge in [-0.1, -0.05) is 6.07 Å². The van der Waals surface area contributed by atoms with Gasteiger partial charge >= 0.3 is 0 Å². The number of piperazine rings is 1. The zero-order valence-corrected chi connectivity index (χ0v) is 14.7. The summed E-state index contributed by atoms with van der Waals surface area (Å²) in [6.07, 6.45) is 0. The van der Waals surface area contributed by atoms with Crippen LogP contribution in [-0.2, 0) is 11.3 Å². The Morgan fingerprint density at radius 3 is 2.50 bits per heavy atom. The Balaban J connectivity index is 1.46. The molecule has 0 radical (unpaired) electrons. The normalized spacial score (nSPS) is 15.5. The van der Waals surface area contributed by atoms with E-state index >= 15 is 0 Å². The molecule has 3 rings (SSSR count). The van der Waals surface area contributed by atoms with E-state index < -0.39 is 0 Å². The number of amides is 1. The van der Waals surface area contributed by atoms with Crippen molar-refractivity contribution < 1.29 is 9.90 Å². The van der Waals surface area contributed by atoms with Gasteiger partial charge in [0.15, 0.2) is 0 Å². The molecule has 1 N–H and O–H groups in total. The number of rotatable bonds is 5. The predicted molar refractivity (Wildman–Crippen MR) is 97.6 cm³/mol. The Morgan fingerprint density at radius 2 is 1.88 bits per heavy atom. The van der Waals surface area contributed by atoms with Gasteiger partial charge < -0.3 is 14.9 Å². The van der Waals surface area contributed by atoms with Gasteiger partial charge in [-0.15, -0.1) is 11.3 Å². The van der Waals surface area contributed by atoms with E-state index in [-0.39, 0.29) is 11.7 Å². The fraction of sp³-hybridized carbons (Fsp3) is 0.389. The van der Waals surface area contributed by atoms with Crippen molar-refractivity contribution in [2.24, 2.45) is 0 Å². The van der Waals surface area contributed by atoms with Crippen molar-refractivity contribution in [3.8, 4) is 5.75 Å². The van der Waals surface area contributed by atoms with E-state index in [1.165, 1.54) is 4.88 Å². The number of likely N-dealkylation sites (N-methyl/N-ethyl adjacent to an activating group) is 1. The van der Waals surface area contributed by atoms with Gasteiger partial charge in [0.05, 0.1) is 13.1 Å². The van der Waals surface area contributed by atoms with E-state index in [4.69, 9.17) is 0 Å². The number of aromatic hydroxyl groups is 1. The molecule has 0 bridgehead atoms. The maximum atomic E-state index is 12.4. The van der Waals surface area contributed by atoms with E-state index in [1.54, 1.807) is 28.4 Å². The molecule has 0 unspecified atom stereocenters. The van der Waals surface area contributed by atoms with Gasteiger partial charge in [-0.2, -0.15) is 0 Å². The van der Waals surface area contributed by atoms with Gasteiger partial charge in [0.1, 0.15) is 5.75 Å². The second kappa shape index (κ2) is 7.68. The van der Waals surface area contributed by atoms with Crippen LogP contribution in [0, 0.1) is 0 Å². The van der Waals surface area contributed by atoms with Crippen molar-refractivity contribution in [3.63, 3.8) is 0 Å². The van der Waals surface area contributed by atoms with Crippen molar-refractivity contribution in [2.45, 2.75) is 6.54 Å². The number of phenols is 1. The Labute approximate surface area is 146 Å². The Kier molecular flexibility index (Phi) is 5.37. The third-order valence-electron chi connectivity index (χ3n) is 4.34. The fourth-order valence-electron chi connectivity index (χ4n) is 2.86. The van der Waals surface area contributed by atoms with Crippen LogP contribution >= 0.6 is 11.3 Å². The first-order valence-corrected chi connectivity index (χ1v) is 9.02. The molecule has 0 aliphatic carbocycles. The Hall–Kier alpha value is -2.05. The third-order valence-corrected chi connectivity index (χ3v) is 5.21. The quantitative estimate of drug-likeness (QED) is 0.903. The zero-order valence-electron chi connectivity index (χ0n) is 13.9. The van der Waals surface area contributed by atoms with E-state index in [1.807, 2.05) is 30.6 Å². The van der Waals surface area contributed by atoms with Gasteiger partial charge in [-0.05, 0) is 35.7 Å². The van der Waals surface area contributed by atoms with Crippen LogP contribution in [0.4, 0.5) is 5.69 Å². The molecular weight excluding hydrogens is 322 g/mol. The predicted octanol–water partition coefficient (Wildman–Crippen LogP) is 2.23. The monoisotopic (exact) mass is 345 g/mol. The molecule has 6 heteroatoms. The SMILES string of the molecule is CN(Cc1cccs1)C(=O)CN1CCN(c2ccc(O)cc2)CC1. The lowest BCUT2D eigenvalue weighted by Gasteiger charge is -2.36. The minimum Gasteiger partial charge on any atom is -0.508 e. The van der Waals surface area contributed by atoms with Crippen LogP contribution < -0.4 is 4.90 Å². The van der Waals surface area contributed by atoms with E-state index in [2.05, 4.69) is 15.9 Å². The standard InChI is InChI=1S/C18H23N3O2S/c1-19(13-17-3-2-12-24-17)18(23)14-20-8-10-21(11-9-20)15-4-6-16(22)7-5-15/h2-7,12,22H,8-11,13-14H2,1H3. The first kappa shape index (κ1) is 16.8. The average Bonchev–Trinajstić information content (AvgIpc) is 3.09. The van der Waals surface area contributed by atoms with Crippen LogP contribution in [0.1, 0.15) is 4.88 Å². The second-order valence-corrected chi connectivity index (χ2v) is 7.14. The van der Waals surface area contributed by atoms with E-state index in [0.29, 0.717) is 13.1 Å². The highest BCUT2D eigenvalue weighted by molar-refractivity contribution is 7.09. The summed E-state index contributed by atoms with van der Waals surface area (Å²) in [6, 6.07) is 11.4. The summed E-state index contributed by atoms with van der Waals surface area (Å²) in [7, 11) is 1.87. The molecule has 1 aromatic carbocycles. The van der Waals surface area contributed by atoms with Crippen LogP contribution in [0.5, 0.6) is 5.75 Å². The molecule has 1 aromatic heterocycles. The summed E-state index contributed by atoms with van der Waals surface area (Å²) in [6.45, 7) is 4.70. The first-order valence-electron chi connectivity index (χ1n) is 8.14. The molecule has 1 saturated heterocycles. The molecule has 1 fully saturated rings. The lowest BCUT2D eigenvalue weighted by molar-refractivity contribution is -0.131. The number of hydrogen-bond acceptors (Lipinski definition) is 5. The summed E-state index contributed by atoms with van der Waals surface area (Å²) >= 11 is 1.68. The number of nitrogens with zero attached hydrogens (tertiary/aromatic N) is 3. The molecule has 128 valence electrons. The summed E-state index contributed by atoms with van der Waals surface area (Å²) in [5.74, 6) is 0.457. The molecule has 5 nitrogen and oxygen atoms in total. The summed E-state index contributed by atoms with van der Waals surface area (Å²) < 4.78 is 0. The Bertz CT molecular complexity index is 649. The smallest absolute Gasteiger partial charge is 0.236 e. The van der Waals surface area contributed by atoms with Crippen molar-refractivity contribution in [1.29, 1.82) is 0 Å². The minimum absolute atomic E-state index is 0.168. The first-order chi connectivity index (χ1) is 11.6. The van der Waals surface area contributed by atoms with Crippen molar-refractivity contribution in [2.75, 3.05) is 44.7 Å². The van der Waals surface area contributed by atoms with Crippen LogP contribution in [0.25, 0.3) is 0 Å². The topological polar surface area (TPSA) is 47.0 Å². The summed E-state index contributed by atoms with van der Waals surface area (Å²) in [5.41, 5.74) is 1.12. The average molecular weight is 345 g/mol. The lowest BCUT2D eigenvalue weighted by Crippen LogP contribution is -2.49. The number of benzene rings is 1. The largest absolute Gasteiger partial charge is 0.508 e. The molecule has 2 aromatic rings. The number of anilines is 1. The van der Waals surface area contributed by atoms with Crippen LogP contribution in [0.3, 0.4) is 0 Å². The maximum absolute atomic E-state index is 12.4. The highest BCUT2D eigenvalue weighted by Crippen LogP contribution is 2.20. The Morgan fingerprint density at radius 1 is 1.17 bits per heavy atom. The summed E-state index contributed by atoms with van der Waals surface area (Å²) in [4.78, 5) is 19.9. The van der Waals surface area contributed by atoms with Crippen molar-refractivity contribution in [1.82, 2.24) is 9.80 Å². The molecule has 0 atom stereocenters. The zero-order chi connectivity index (χ0) is 16.9. The number of carbonyl (C=O) groups is 1. The number of carbonyl (C=O) groups excluding carboxylic acids is 1. The molecule has 1 aliphatic rings. The molecule has 2 heterocycles. The minimum atomic E-state index is 0.168. The number of phenolic OH excluding ortho intramolecular Hbond substituents is 1. The van der Waals surface area contributed by atoms with Crippen LogP contribution in [0.15, 0.2) is 41.8 Å². The number of hydrogen-bond donors (Lipinski definition) is 1. The van der Waals surface area contributed by atoms with Gasteiger partial charge in [0.2, 0.25) is 5.91 Å². The molecule has 24 heavy (non-hydrogen) atoms. The van der Waals surface area contributed by atoms with E-state index in [0.717, 1.165) is 31.9 Å². The maximum Gasteiger partial charge on any atom is 0.236 e. The van der Waals surface area contributed by atoms with Crippen LogP contribution in [-0.4, -0.2) is 60.6 Å². The fourth-order valence-corrected chi connectivity index (χ4v) is 3.62.